The Morgan fingerprint density at radius 3 is 2.93 bits per heavy atom. The van der Waals surface area contributed by atoms with Crippen molar-refractivity contribution >= 4 is 0 Å². The molecule has 3 heterocycles. The second kappa shape index (κ2) is 3.38. The average Bonchev–Trinajstić information content (AvgIpc) is 2.74. The molecule has 4 heteroatoms. The third kappa shape index (κ3) is 1.48. The maximum absolute atomic E-state index is 5.51. The fourth-order valence-electron chi connectivity index (χ4n) is 1.73. The highest BCUT2D eigenvalue weighted by Crippen LogP contribution is 2.24. The van der Waals surface area contributed by atoms with E-state index in [1.165, 1.54) is 0 Å². The van der Waals surface area contributed by atoms with E-state index in [0.29, 0.717) is 0 Å². The van der Waals surface area contributed by atoms with Gasteiger partial charge in [0.25, 0.3) is 0 Å². The van der Waals surface area contributed by atoms with Gasteiger partial charge in [0.2, 0.25) is 5.88 Å². The van der Waals surface area contributed by atoms with Crippen LogP contribution in [-0.2, 0) is 6.54 Å². The second-order valence-corrected chi connectivity index (χ2v) is 3.53. The summed E-state index contributed by atoms with van der Waals surface area (Å²) in [7, 11) is 0. The van der Waals surface area contributed by atoms with Crippen molar-refractivity contribution in [2.24, 2.45) is 0 Å². The average molecular weight is 201 g/mol. The summed E-state index contributed by atoms with van der Waals surface area (Å²) < 4.78 is 7.43. The molecule has 0 atom stereocenters. The maximum Gasteiger partial charge on any atom is 0.212 e. The van der Waals surface area contributed by atoms with E-state index in [4.69, 9.17) is 4.74 Å². The molecule has 15 heavy (non-hydrogen) atoms. The molecule has 0 fully saturated rings. The Bertz CT molecular complexity index is 440. The first-order valence-corrected chi connectivity index (χ1v) is 5.04. The van der Waals surface area contributed by atoms with Gasteiger partial charge in [-0.15, -0.1) is 0 Å². The van der Waals surface area contributed by atoms with Crippen LogP contribution in [0.5, 0.6) is 5.88 Å². The highest BCUT2D eigenvalue weighted by Gasteiger charge is 2.13. The maximum atomic E-state index is 5.51. The predicted molar refractivity (Wildman–Crippen MR) is 55.6 cm³/mol. The van der Waals surface area contributed by atoms with Crippen LogP contribution in [0.3, 0.4) is 0 Å². The zero-order chi connectivity index (χ0) is 10.1. The quantitative estimate of drug-likeness (QED) is 0.705. The molecule has 0 bridgehead atoms. The number of nitrogens with zero attached hydrogens (tertiary/aromatic N) is 3. The fourth-order valence-corrected chi connectivity index (χ4v) is 1.73. The summed E-state index contributed by atoms with van der Waals surface area (Å²) in [6.45, 7) is 1.74. The van der Waals surface area contributed by atoms with Gasteiger partial charge in [0.1, 0.15) is 0 Å². The molecule has 0 aliphatic carbocycles. The summed E-state index contributed by atoms with van der Waals surface area (Å²) in [5.74, 6) is 0.869. The van der Waals surface area contributed by atoms with Crippen LogP contribution in [0, 0.1) is 0 Å². The molecule has 1 aliphatic heterocycles. The van der Waals surface area contributed by atoms with Gasteiger partial charge in [-0.05, 0) is 12.1 Å². The Kier molecular flexibility index (Phi) is 1.91. The number of fused-ring (bicyclic) bond motifs is 1. The number of aryl methyl sites for hydroxylation is 1. The van der Waals surface area contributed by atoms with Crippen molar-refractivity contribution in [3.05, 3.63) is 30.6 Å². The van der Waals surface area contributed by atoms with Crippen LogP contribution < -0.4 is 4.74 Å². The van der Waals surface area contributed by atoms with Crippen molar-refractivity contribution in [3.63, 3.8) is 0 Å². The van der Waals surface area contributed by atoms with E-state index in [2.05, 4.69) is 10.1 Å². The van der Waals surface area contributed by atoms with E-state index in [1.807, 2.05) is 22.9 Å². The molecule has 0 N–H and O–H groups in total. The Labute approximate surface area is 87.5 Å². The third-order valence-corrected chi connectivity index (χ3v) is 2.48. The number of pyridine rings is 1. The molecule has 4 nitrogen and oxygen atoms in total. The lowest BCUT2D eigenvalue weighted by molar-refractivity contribution is 0.230. The van der Waals surface area contributed by atoms with Crippen LogP contribution in [0.25, 0.3) is 11.3 Å². The van der Waals surface area contributed by atoms with Crippen molar-refractivity contribution in [1.82, 2.24) is 14.8 Å². The molecule has 0 spiro atoms. The van der Waals surface area contributed by atoms with E-state index >= 15 is 0 Å². The lowest BCUT2D eigenvalue weighted by Crippen LogP contribution is -2.14. The number of rotatable bonds is 1. The molecule has 76 valence electrons. The predicted octanol–water partition coefficient (Wildman–Crippen LogP) is 1.73. The molecular weight excluding hydrogens is 190 g/mol. The van der Waals surface area contributed by atoms with Crippen molar-refractivity contribution in [2.75, 3.05) is 6.61 Å². The normalized spacial score (nSPS) is 14.4. The Morgan fingerprint density at radius 2 is 2.13 bits per heavy atom. The fraction of sp³-hybridized carbons (Fsp3) is 0.273. The minimum atomic E-state index is 0.793. The summed E-state index contributed by atoms with van der Waals surface area (Å²) in [6.07, 6.45) is 4.58. The summed E-state index contributed by atoms with van der Waals surface area (Å²) in [4.78, 5) is 3.99. The number of aromatic nitrogens is 3. The molecule has 0 radical (unpaired) electrons. The Morgan fingerprint density at radius 1 is 1.27 bits per heavy atom. The van der Waals surface area contributed by atoms with Gasteiger partial charge in [-0.25, -0.2) is 4.68 Å². The molecule has 1 aliphatic rings. The molecule has 0 unspecified atom stereocenters. The van der Waals surface area contributed by atoms with Crippen molar-refractivity contribution in [3.8, 4) is 17.1 Å². The van der Waals surface area contributed by atoms with Crippen LogP contribution >= 0.6 is 0 Å². The van der Waals surface area contributed by atoms with Crippen molar-refractivity contribution in [2.45, 2.75) is 13.0 Å². The Hall–Kier alpha value is -1.84. The lowest BCUT2D eigenvalue weighted by atomic mass is 10.2. The largest absolute Gasteiger partial charge is 0.478 e. The third-order valence-electron chi connectivity index (χ3n) is 2.48. The first-order chi connectivity index (χ1) is 7.43. The zero-order valence-corrected chi connectivity index (χ0v) is 8.26. The molecule has 0 saturated carbocycles. The van der Waals surface area contributed by atoms with Crippen LogP contribution in [0.4, 0.5) is 0 Å². The van der Waals surface area contributed by atoms with Crippen LogP contribution in [0.1, 0.15) is 6.42 Å². The minimum Gasteiger partial charge on any atom is -0.478 e. The van der Waals surface area contributed by atoms with Gasteiger partial charge < -0.3 is 4.74 Å². The van der Waals surface area contributed by atoms with E-state index in [-0.39, 0.29) is 0 Å². The first-order valence-electron chi connectivity index (χ1n) is 5.04. The number of hydrogen-bond donors (Lipinski definition) is 0. The SMILES string of the molecule is c1cc(-c2cc3n(n2)CCCO3)ccn1. The molecule has 2 aromatic rings. The van der Waals surface area contributed by atoms with Crippen molar-refractivity contribution in [1.29, 1.82) is 0 Å². The van der Waals surface area contributed by atoms with Gasteiger partial charge in [-0.3, -0.25) is 4.98 Å². The van der Waals surface area contributed by atoms with E-state index in [1.54, 1.807) is 12.4 Å². The van der Waals surface area contributed by atoms with Crippen molar-refractivity contribution < 1.29 is 4.74 Å². The topological polar surface area (TPSA) is 39.9 Å². The molecule has 0 saturated heterocycles. The Balaban J connectivity index is 2.03. The molecule has 0 amide bonds. The van der Waals surface area contributed by atoms with Crippen LogP contribution in [0.15, 0.2) is 30.6 Å². The number of hydrogen-bond acceptors (Lipinski definition) is 3. The summed E-state index contributed by atoms with van der Waals surface area (Å²) >= 11 is 0. The highest BCUT2D eigenvalue weighted by atomic mass is 16.5. The molecule has 2 aromatic heterocycles. The van der Waals surface area contributed by atoms with Crippen LogP contribution in [-0.4, -0.2) is 21.4 Å². The summed E-state index contributed by atoms with van der Waals surface area (Å²) in [5, 5.41) is 4.48. The van der Waals surface area contributed by atoms with Gasteiger partial charge in [0.15, 0.2) is 0 Å². The highest BCUT2D eigenvalue weighted by molar-refractivity contribution is 5.59. The van der Waals surface area contributed by atoms with Gasteiger partial charge in [-0.1, -0.05) is 0 Å². The lowest BCUT2D eigenvalue weighted by Gasteiger charge is -2.13. The summed E-state index contributed by atoms with van der Waals surface area (Å²) in [5.41, 5.74) is 2.03. The number of ether oxygens (including phenoxy) is 1. The van der Waals surface area contributed by atoms with Gasteiger partial charge in [0.05, 0.1) is 12.3 Å². The molecule has 0 aromatic carbocycles. The van der Waals surface area contributed by atoms with E-state index in [0.717, 1.165) is 36.7 Å². The monoisotopic (exact) mass is 201 g/mol. The standard InChI is InChI=1S/C11H11N3O/c1-6-14-11(15-7-1)8-10(13-14)9-2-4-12-5-3-9/h2-5,8H,1,6-7H2. The molecular formula is C11H11N3O. The molecule has 3 rings (SSSR count). The van der Waals surface area contributed by atoms with Crippen LogP contribution in [0.2, 0.25) is 0 Å². The van der Waals surface area contributed by atoms with Gasteiger partial charge >= 0.3 is 0 Å². The summed E-state index contributed by atoms with van der Waals surface area (Å²) in [6, 6.07) is 5.89. The second-order valence-electron chi connectivity index (χ2n) is 3.53. The smallest absolute Gasteiger partial charge is 0.212 e. The van der Waals surface area contributed by atoms with E-state index in [9.17, 15) is 0 Å². The van der Waals surface area contributed by atoms with E-state index < -0.39 is 0 Å². The zero-order valence-electron chi connectivity index (χ0n) is 8.26. The minimum absolute atomic E-state index is 0.793. The first kappa shape index (κ1) is 8.47. The van der Waals surface area contributed by atoms with Gasteiger partial charge in [0, 0.05) is 37.0 Å². The van der Waals surface area contributed by atoms with Gasteiger partial charge in [-0.2, -0.15) is 5.10 Å².